The van der Waals surface area contributed by atoms with Gasteiger partial charge in [-0.25, -0.2) is 0 Å². The van der Waals surface area contributed by atoms with Gasteiger partial charge in [-0.3, -0.25) is 14.9 Å². The van der Waals surface area contributed by atoms with Crippen LogP contribution in [-0.2, 0) is 4.79 Å². The smallest absolute Gasteiger partial charge is 0.258 e. The summed E-state index contributed by atoms with van der Waals surface area (Å²) in [7, 11) is 0. The molecule has 0 aromatic heterocycles. The molecule has 0 aliphatic heterocycles. The molecule has 3 heteroatoms. The maximum absolute atomic E-state index is 11.7. The number of amides is 2. The van der Waals surface area contributed by atoms with Gasteiger partial charge in [0, 0.05) is 11.6 Å². The number of imide groups is 1. The van der Waals surface area contributed by atoms with Gasteiger partial charge < -0.3 is 0 Å². The van der Waals surface area contributed by atoms with E-state index in [-0.39, 0.29) is 0 Å². The molecule has 19 heavy (non-hydrogen) atoms. The summed E-state index contributed by atoms with van der Waals surface area (Å²) in [6, 6.07) is 18.0. The van der Waals surface area contributed by atoms with Crippen molar-refractivity contribution in [1.29, 1.82) is 0 Å². The quantitative estimate of drug-likeness (QED) is 0.852. The summed E-state index contributed by atoms with van der Waals surface area (Å²) in [5.74, 6) is -0.832. The van der Waals surface area contributed by atoms with Crippen molar-refractivity contribution in [2.24, 2.45) is 0 Å². The van der Waals surface area contributed by atoms with Crippen molar-refractivity contribution in [3.8, 4) is 0 Å². The van der Waals surface area contributed by atoms with E-state index in [0.29, 0.717) is 5.56 Å². The monoisotopic (exact) mass is 251 g/mol. The summed E-state index contributed by atoms with van der Waals surface area (Å²) in [5, 5.41) is 2.30. The highest BCUT2D eigenvalue weighted by Gasteiger charge is 2.06. The van der Waals surface area contributed by atoms with Crippen molar-refractivity contribution in [2.75, 3.05) is 0 Å². The van der Waals surface area contributed by atoms with Gasteiger partial charge in [0.15, 0.2) is 0 Å². The van der Waals surface area contributed by atoms with Gasteiger partial charge in [-0.2, -0.15) is 0 Å². The Kier molecular flexibility index (Phi) is 4.24. The largest absolute Gasteiger partial charge is 0.289 e. The lowest BCUT2D eigenvalue weighted by atomic mass is 10.2. The van der Waals surface area contributed by atoms with Gasteiger partial charge in [-0.05, 0) is 23.8 Å². The summed E-state index contributed by atoms with van der Waals surface area (Å²) in [5.41, 5.74) is 1.37. The normalized spacial score (nSPS) is 10.3. The second kappa shape index (κ2) is 6.31. The Labute approximate surface area is 111 Å². The second-order valence-corrected chi connectivity index (χ2v) is 3.93. The van der Waals surface area contributed by atoms with E-state index in [9.17, 15) is 9.59 Å². The van der Waals surface area contributed by atoms with Gasteiger partial charge in [0.1, 0.15) is 0 Å². The average Bonchev–Trinajstić information content (AvgIpc) is 2.47. The molecular weight excluding hydrogens is 238 g/mol. The number of benzene rings is 2. The van der Waals surface area contributed by atoms with Crippen molar-refractivity contribution >= 4 is 17.9 Å². The molecule has 1 N–H and O–H groups in total. The van der Waals surface area contributed by atoms with Crippen LogP contribution >= 0.6 is 0 Å². The van der Waals surface area contributed by atoms with Gasteiger partial charge >= 0.3 is 0 Å². The van der Waals surface area contributed by atoms with Crippen LogP contribution in [0.4, 0.5) is 0 Å². The molecule has 0 spiro atoms. The van der Waals surface area contributed by atoms with E-state index in [1.165, 1.54) is 6.08 Å². The van der Waals surface area contributed by atoms with Crippen LogP contribution in [0, 0.1) is 0 Å². The lowest BCUT2D eigenvalue weighted by molar-refractivity contribution is -0.115. The van der Waals surface area contributed by atoms with Gasteiger partial charge in [0.2, 0.25) is 0 Å². The summed E-state index contributed by atoms with van der Waals surface area (Å²) in [4.78, 5) is 23.3. The molecule has 0 atom stereocenters. The van der Waals surface area contributed by atoms with Crippen LogP contribution in [-0.4, -0.2) is 11.8 Å². The molecule has 2 aromatic carbocycles. The Morgan fingerprint density at radius 2 is 1.42 bits per heavy atom. The summed E-state index contributed by atoms with van der Waals surface area (Å²) in [6.45, 7) is 0. The van der Waals surface area contributed by atoms with E-state index in [4.69, 9.17) is 0 Å². The number of carbonyl (C=O) groups excluding carboxylic acids is 2. The Hall–Kier alpha value is -2.68. The SMILES string of the molecule is O=C(C=Cc1ccccc1)NC(=O)c1ccccc1. The molecule has 0 saturated carbocycles. The van der Waals surface area contributed by atoms with Crippen LogP contribution in [0.2, 0.25) is 0 Å². The molecule has 0 unspecified atom stereocenters. The van der Waals surface area contributed by atoms with Gasteiger partial charge in [0.25, 0.3) is 11.8 Å². The molecule has 2 rings (SSSR count). The highest BCUT2D eigenvalue weighted by Crippen LogP contribution is 2.01. The Bertz CT molecular complexity index is 589. The van der Waals surface area contributed by atoms with E-state index in [1.54, 1.807) is 30.3 Å². The fourth-order valence-electron chi connectivity index (χ4n) is 1.55. The van der Waals surface area contributed by atoms with E-state index >= 15 is 0 Å². The van der Waals surface area contributed by atoms with Crippen molar-refractivity contribution < 1.29 is 9.59 Å². The maximum atomic E-state index is 11.7. The van der Waals surface area contributed by atoms with E-state index < -0.39 is 11.8 Å². The fraction of sp³-hybridized carbons (Fsp3) is 0. The van der Waals surface area contributed by atoms with Crippen LogP contribution in [0.15, 0.2) is 66.7 Å². The first-order chi connectivity index (χ1) is 9.25. The molecule has 2 aromatic rings. The van der Waals surface area contributed by atoms with Gasteiger partial charge in [0.05, 0.1) is 0 Å². The lowest BCUT2D eigenvalue weighted by Crippen LogP contribution is -2.28. The molecular formula is C16H13NO2. The van der Waals surface area contributed by atoms with E-state index in [2.05, 4.69) is 5.32 Å². The van der Waals surface area contributed by atoms with Crippen molar-refractivity contribution in [1.82, 2.24) is 5.32 Å². The molecule has 0 radical (unpaired) electrons. The highest BCUT2D eigenvalue weighted by molar-refractivity contribution is 6.09. The molecule has 94 valence electrons. The fourth-order valence-corrected chi connectivity index (χ4v) is 1.55. The average molecular weight is 251 g/mol. The number of hydrogen-bond donors (Lipinski definition) is 1. The molecule has 0 aliphatic rings. The predicted octanol–water partition coefficient (Wildman–Crippen LogP) is 2.66. The lowest BCUT2D eigenvalue weighted by Gasteiger charge is -2.00. The van der Waals surface area contributed by atoms with Crippen LogP contribution in [0.25, 0.3) is 6.08 Å². The number of hydrogen-bond acceptors (Lipinski definition) is 2. The standard InChI is InChI=1S/C16H13NO2/c18-15(12-11-13-7-3-1-4-8-13)17-16(19)14-9-5-2-6-10-14/h1-12H,(H,17,18,19). The number of rotatable bonds is 3. The minimum atomic E-state index is -0.433. The van der Waals surface area contributed by atoms with Crippen molar-refractivity contribution in [2.45, 2.75) is 0 Å². The second-order valence-electron chi connectivity index (χ2n) is 3.93. The first-order valence-corrected chi connectivity index (χ1v) is 5.89. The van der Waals surface area contributed by atoms with Crippen LogP contribution in [0.1, 0.15) is 15.9 Å². The van der Waals surface area contributed by atoms with Crippen LogP contribution in [0.3, 0.4) is 0 Å². The van der Waals surface area contributed by atoms with Crippen molar-refractivity contribution in [3.05, 3.63) is 77.9 Å². The minimum Gasteiger partial charge on any atom is -0.289 e. The third-order valence-electron chi connectivity index (χ3n) is 2.50. The third-order valence-corrected chi connectivity index (χ3v) is 2.50. The Morgan fingerprint density at radius 3 is 2.05 bits per heavy atom. The number of carbonyl (C=O) groups is 2. The molecule has 0 bridgehead atoms. The zero-order chi connectivity index (χ0) is 13.5. The number of nitrogens with one attached hydrogen (secondary N) is 1. The summed E-state index contributed by atoms with van der Waals surface area (Å²) < 4.78 is 0. The highest BCUT2D eigenvalue weighted by atomic mass is 16.2. The zero-order valence-corrected chi connectivity index (χ0v) is 10.2. The molecule has 0 fully saturated rings. The third kappa shape index (κ3) is 3.92. The predicted molar refractivity (Wildman–Crippen MR) is 74.4 cm³/mol. The van der Waals surface area contributed by atoms with Gasteiger partial charge in [-0.1, -0.05) is 48.5 Å². The van der Waals surface area contributed by atoms with E-state index in [1.807, 2.05) is 36.4 Å². The molecule has 2 amide bonds. The Morgan fingerprint density at radius 1 is 0.842 bits per heavy atom. The topological polar surface area (TPSA) is 46.2 Å². The zero-order valence-electron chi connectivity index (χ0n) is 10.2. The van der Waals surface area contributed by atoms with Gasteiger partial charge in [-0.15, -0.1) is 0 Å². The van der Waals surface area contributed by atoms with E-state index in [0.717, 1.165) is 5.56 Å². The first-order valence-electron chi connectivity index (χ1n) is 5.89. The first kappa shape index (κ1) is 12.8. The molecule has 3 nitrogen and oxygen atoms in total. The Balaban J connectivity index is 1.95. The molecule has 0 aliphatic carbocycles. The molecule has 0 heterocycles. The summed E-state index contributed by atoms with van der Waals surface area (Å²) >= 11 is 0. The summed E-state index contributed by atoms with van der Waals surface area (Å²) in [6.07, 6.45) is 3.00. The van der Waals surface area contributed by atoms with Crippen LogP contribution in [0.5, 0.6) is 0 Å². The van der Waals surface area contributed by atoms with Crippen molar-refractivity contribution in [3.63, 3.8) is 0 Å². The molecule has 0 saturated heterocycles. The maximum Gasteiger partial charge on any atom is 0.258 e. The van der Waals surface area contributed by atoms with Crippen LogP contribution < -0.4 is 5.32 Å². The minimum absolute atomic E-state index is 0.400.